The summed E-state index contributed by atoms with van der Waals surface area (Å²) >= 11 is 10.1. The molecule has 0 aliphatic rings. The fourth-order valence-electron chi connectivity index (χ4n) is 1.99. The van der Waals surface area contributed by atoms with Gasteiger partial charge in [0.15, 0.2) is 0 Å². The number of methoxy groups -OCH3 is 1. The van der Waals surface area contributed by atoms with Crippen molar-refractivity contribution in [1.29, 1.82) is 0 Å². The van der Waals surface area contributed by atoms with E-state index in [9.17, 15) is 0 Å². The van der Waals surface area contributed by atoms with Gasteiger partial charge in [0, 0.05) is 4.47 Å². The highest BCUT2D eigenvalue weighted by atomic mass is 79.9. The second-order valence-electron chi connectivity index (χ2n) is 4.50. The molecule has 3 heteroatoms. The zero-order valence-electron chi connectivity index (χ0n) is 11.0. The van der Waals surface area contributed by atoms with E-state index in [0.29, 0.717) is 0 Å². The lowest BCUT2D eigenvalue weighted by Gasteiger charge is -2.13. The molecule has 100 valence electrons. The minimum Gasteiger partial charge on any atom is -0.497 e. The van der Waals surface area contributed by atoms with Crippen molar-refractivity contribution in [2.45, 2.75) is 18.7 Å². The third-order valence-corrected chi connectivity index (χ3v) is 4.61. The Morgan fingerprint density at radius 1 is 1.16 bits per heavy atom. The molecule has 1 unspecified atom stereocenters. The van der Waals surface area contributed by atoms with Crippen LogP contribution in [0.1, 0.15) is 22.1 Å². The number of hydrogen-bond donors (Lipinski definition) is 0. The summed E-state index contributed by atoms with van der Waals surface area (Å²) in [7, 11) is 1.67. The van der Waals surface area contributed by atoms with Crippen LogP contribution in [0.4, 0.5) is 0 Å². The summed E-state index contributed by atoms with van der Waals surface area (Å²) < 4.78 is 6.25. The van der Waals surface area contributed by atoms with E-state index >= 15 is 0 Å². The van der Waals surface area contributed by atoms with E-state index < -0.39 is 0 Å². The number of halogens is 2. The number of aryl methyl sites for hydroxylation is 1. The molecule has 0 saturated heterocycles. The van der Waals surface area contributed by atoms with Crippen molar-refractivity contribution in [2.75, 3.05) is 7.11 Å². The maximum Gasteiger partial charge on any atom is 0.118 e. The molecular weight excluding hydrogens is 324 g/mol. The van der Waals surface area contributed by atoms with Crippen LogP contribution in [-0.4, -0.2) is 7.11 Å². The Bertz CT molecular complexity index is 551. The molecule has 0 aliphatic heterocycles. The van der Waals surface area contributed by atoms with Crippen LogP contribution < -0.4 is 4.74 Å². The summed E-state index contributed by atoms with van der Waals surface area (Å²) in [6.07, 6.45) is 0.799. The molecule has 0 spiro atoms. The van der Waals surface area contributed by atoms with Crippen molar-refractivity contribution < 1.29 is 4.74 Å². The maximum atomic E-state index is 6.53. The van der Waals surface area contributed by atoms with Crippen LogP contribution >= 0.6 is 27.5 Å². The smallest absolute Gasteiger partial charge is 0.118 e. The maximum absolute atomic E-state index is 6.53. The van der Waals surface area contributed by atoms with E-state index in [2.05, 4.69) is 47.1 Å². The van der Waals surface area contributed by atoms with Gasteiger partial charge in [0.05, 0.1) is 12.5 Å². The van der Waals surface area contributed by atoms with Crippen LogP contribution in [0, 0.1) is 6.92 Å². The lowest BCUT2D eigenvalue weighted by Crippen LogP contribution is -1.98. The lowest BCUT2D eigenvalue weighted by atomic mass is 10.0. The van der Waals surface area contributed by atoms with Crippen molar-refractivity contribution in [3.8, 4) is 5.75 Å². The van der Waals surface area contributed by atoms with Gasteiger partial charge >= 0.3 is 0 Å². The van der Waals surface area contributed by atoms with Crippen LogP contribution in [0.3, 0.4) is 0 Å². The Labute approximate surface area is 127 Å². The summed E-state index contributed by atoms with van der Waals surface area (Å²) in [5, 5.41) is -0.0392. The minimum atomic E-state index is -0.0392. The molecule has 0 fully saturated rings. The predicted molar refractivity (Wildman–Crippen MR) is 84.2 cm³/mol. The Morgan fingerprint density at radius 3 is 2.47 bits per heavy atom. The fraction of sp³-hybridized carbons (Fsp3) is 0.250. The van der Waals surface area contributed by atoms with Crippen LogP contribution in [0.15, 0.2) is 46.9 Å². The molecular formula is C16H16BrClO. The third kappa shape index (κ3) is 3.52. The molecule has 2 aromatic rings. The Kier molecular flexibility index (Phi) is 4.89. The first kappa shape index (κ1) is 14.4. The van der Waals surface area contributed by atoms with Gasteiger partial charge in [-0.25, -0.2) is 0 Å². The normalized spacial score (nSPS) is 12.2. The zero-order valence-corrected chi connectivity index (χ0v) is 13.3. The van der Waals surface area contributed by atoms with Gasteiger partial charge in [0.1, 0.15) is 5.75 Å². The van der Waals surface area contributed by atoms with Crippen molar-refractivity contribution >= 4 is 27.5 Å². The van der Waals surface area contributed by atoms with Gasteiger partial charge in [-0.1, -0.05) is 46.3 Å². The predicted octanol–water partition coefficient (Wildman–Crippen LogP) is 5.29. The molecule has 0 aliphatic carbocycles. The van der Waals surface area contributed by atoms with Crippen LogP contribution in [-0.2, 0) is 6.42 Å². The molecule has 0 bridgehead atoms. The molecule has 1 nitrogen and oxygen atoms in total. The van der Waals surface area contributed by atoms with E-state index in [1.807, 2.05) is 18.2 Å². The topological polar surface area (TPSA) is 9.23 Å². The minimum absolute atomic E-state index is 0.0392. The molecule has 0 radical (unpaired) electrons. The number of ether oxygens (including phenoxy) is 1. The average molecular weight is 340 g/mol. The van der Waals surface area contributed by atoms with Crippen LogP contribution in [0.2, 0.25) is 0 Å². The fourth-order valence-corrected chi connectivity index (χ4v) is 3.02. The van der Waals surface area contributed by atoms with Crippen molar-refractivity contribution in [1.82, 2.24) is 0 Å². The zero-order chi connectivity index (χ0) is 13.8. The Morgan fingerprint density at radius 2 is 1.84 bits per heavy atom. The first-order valence-electron chi connectivity index (χ1n) is 6.14. The first-order chi connectivity index (χ1) is 9.11. The SMILES string of the molecule is COc1ccc(CC(Cl)c2cccc(C)c2Br)cc1. The lowest BCUT2D eigenvalue weighted by molar-refractivity contribution is 0.414. The molecule has 0 aromatic heterocycles. The number of alkyl halides is 1. The van der Waals surface area contributed by atoms with Crippen LogP contribution in [0.25, 0.3) is 0 Å². The second kappa shape index (κ2) is 6.44. The van der Waals surface area contributed by atoms with Crippen molar-refractivity contribution in [3.05, 3.63) is 63.6 Å². The largest absolute Gasteiger partial charge is 0.497 e. The Balaban J connectivity index is 2.15. The van der Waals surface area contributed by atoms with E-state index in [0.717, 1.165) is 22.2 Å². The van der Waals surface area contributed by atoms with Gasteiger partial charge in [0.2, 0.25) is 0 Å². The van der Waals surface area contributed by atoms with Crippen molar-refractivity contribution in [2.24, 2.45) is 0 Å². The highest BCUT2D eigenvalue weighted by molar-refractivity contribution is 9.10. The average Bonchev–Trinajstić information content (AvgIpc) is 2.42. The standard InChI is InChI=1S/C16H16BrClO/c1-11-4-3-5-14(16(11)17)15(18)10-12-6-8-13(19-2)9-7-12/h3-9,15H,10H2,1-2H3. The quantitative estimate of drug-likeness (QED) is 0.688. The van der Waals surface area contributed by atoms with Gasteiger partial charge in [0.25, 0.3) is 0 Å². The highest BCUT2D eigenvalue weighted by Crippen LogP contribution is 2.33. The summed E-state index contributed by atoms with van der Waals surface area (Å²) in [5.74, 6) is 0.867. The molecule has 0 heterocycles. The first-order valence-corrected chi connectivity index (χ1v) is 7.36. The van der Waals surface area contributed by atoms with Gasteiger partial charge in [-0.05, 0) is 42.2 Å². The Hall–Kier alpha value is -0.990. The molecule has 0 saturated carbocycles. The summed E-state index contributed by atoms with van der Waals surface area (Å²) in [6, 6.07) is 14.2. The highest BCUT2D eigenvalue weighted by Gasteiger charge is 2.13. The number of benzene rings is 2. The molecule has 0 amide bonds. The van der Waals surface area contributed by atoms with Gasteiger partial charge in [-0.3, -0.25) is 0 Å². The van der Waals surface area contributed by atoms with E-state index in [1.54, 1.807) is 7.11 Å². The van der Waals surface area contributed by atoms with Gasteiger partial charge in [-0.2, -0.15) is 0 Å². The second-order valence-corrected chi connectivity index (χ2v) is 5.82. The van der Waals surface area contributed by atoms with Gasteiger partial charge < -0.3 is 4.74 Å². The van der Waals surface area contributed by atoms with E-state index in [1.165, 1.54) is 11.1 Å². The number of hydrogen-bond acceptors (Lipinski definition) is 1. The third-order valence-electron chi connectivity index (χ3n) is 3.13. The molecule has 2 rings (SSSR count). The summed E-state index contributed by atoms with van der Waals surface area (Å²) in [5.41, 5.74) is 3.55. The summed E-state index contributed by atoms with van der Waals surface area (Å²) in [4.78, 5) is 0. The molecule has 19 heavy (non-hydrogen) atoms. The molecule has 1 atom stereocenters. The van der Waals surface area contributed by atoms with E-state index in [4.69, 9.17) is 16.3 Å². The van der Waals surface area contributed by atoms with Gasteiger partial charge in [-0.15, -0.1) is 11.6 Å². The summed E-state index contributed by atoms with van der Waals surface area (Å²) in [6.45, 7) is 2.07. The van der Waals surface area contributed by atoms with Crippen molar-refractivity contribution in [3.63, 3.8) is 0 Å². The van der Waals surface area contributed by atoms with E-state index in [-0.39, 0.29) is 5.38 Å². The molecule has 0 N–H and O–H groups in total. The monoisotopic (exact) mass is 338 g/mol. The van der Waals surface area contributed by atoms with Crippen LogP contribution in [0.5, 0.6) is 5.75 Å². The number of rotatable bonds is 4. The molecule has 2 aromatic carbocycles.